The molecule has 0 heterocycles. The molecular formula is C15H22N2O4. The Morgan fingerprint density at radius 3 is 2.24 bits per heavy atom. The van der Waals surface area contributed by atoms with Crippen LogP contribution in [0.2, 0.25) is 0 Å². The van der Waals surface area contributed by atoms with Gasteiger partial charge in [0, 0.05) is 18.7 Å². The number of carboxylic acids is 1. The van der Waals surface area contributed by atoms with Gasteiger partial charge in [-0.25, -0.2) is 9.59 Å². The third kappa shape index (κ3) is 5.83. The summed E-state index contributed by atoms with van der Waals surface area (Å²) in [6.07, 6.45) is -1.50. The van der Waals surface area contributed by atoms with E-state index in [2.05, 4.69) is 31.4 Å². The molecule has 1 rings (SSSR count). The van der Waals surface area contributed by atoms with Gasteiger partial charge in [0.1, 0.15) is 0 Å². The summed E-state index contributed by atoms with van der Waals surface area (Å²) in [5, 5.41) is 22.7. The van der Waals surface area contributed by atoms with Crippen molar-refractivity contribution in [3.05, 3.63) is 29.8 Å². The lowest BCUT2D eigenvalue weighted by molar-refractivity contribution is -0.146. The number of amides is 2. The molecule has 1 aromatic rings. The fourth-order valence-electron chi connectivity index (χ4n) is 1.67. The molecule has 6 heteroatoms. The molecule has 0 fully saturated rings. The van der Waals surface area contributed by atoms with Crippen LogP contribution in [0.1, 0.15) is 32.8 Å². The third-order valence-corrected chi connectivity index (χ3v) is 3.00. The second-order valence-electron chi connectivity index (χ2n) is 5.85. The van der Waals surface area contributed by atoms with E-state index in [1.165, 1.54) is 0 Å². The molecule has 0 aliphatic heterocycles. The van der Waals surface area contributed by atoms with E-state index < -0.39 is 18.1 Å². The van der Waals surface area contributed by atoms with E-state index in [4.69, 9.17) is 10.2 Å². The molecule has 0 saturated carbocycles. The standard InChI is InChI=1S/C15H22N2O4/c1-15(2,3)10-4-6-11(7-5-10)17-14(21)16-9-8-12(18)13(19)20/h4-7,12,18H,8-9H2,1-3H3,(H,19,20)(H2,16,17,21)/t12-/m0/s1. The maximum absolute atomic E-state index is 11.6. The van der Waals surface area contributed by atoms with Crippen molar-refractivity contribution in [3.63, 3.8) is 0 Å². The van der Waals surface area contributed by atoms with Crippen molar-refractivity contribution in [1.82, 2.24) is 5.32 Å². The fraction of sp³-hybridized carbons (Fsp3) is 0.467. The fourth-order valence-corrected chi connectivity index (χ4v) is 1.67. The number of rotatable bonds is 5. The van der Waals surface area contributed by atoms with Crippen molar-refractivity contribution >= 4 is 17.7 Å². The average Bonchev–Trinajstić information content (AvgIpc) is 2.38. The third-order valence-electron chi connectivity index (χ3n) is 3.00. The zero-order valence-electron chi connectivity index (χ0n) is 12.5. The van der Waals surface area contributed by atoms with Gasteiger partial charge < -0.3 is 20.8 Å². The number of hydrogen-bond acceptors (Lipinski definition) is 3. The van der Waals surface area contributed by atoms with Crippen molar-refractivity contribution in [1.29, 1.82) is 0 Å². The Balaban J connectivity index is 2.43. The van der Waals surface area contributed by atoms with Gasteiger partial charge >= 0.3 is 12.0 Å². The predicted molar refractivity (Wildman–Crippen MR) is 80.4 cm³/mol. The van der Waals surface area contributed by atoms with Crippen LogP contribution in [0.25, 0.3) is 0 Å². The Bertz CT molecular complexity index is 491. The molecule has 2 amide bonds. The van der Waals surface area contributed by atoms with Gasteiger partial charge in [0.05, 0.1) is 0 Å². The van der Waals surface area contributed by atoms with Crippen LogP contribution < -0.4 is 10.6 Å². The highest BCUT2D eigenvalue weighted by Crippen LogP contribution is 2.23. The van der Waals surface area contributed by atoms with Crippen LogP contribution in [-0.4, -0.2) is 34.9 Å². The quantitative estimate of drug-likeness (QED) is 0.667. The lowest BCUT2D eigenvalue weighted by Crippen LogP contribution is -2.33. The van der Waals surface area contributed by atoms with Crippen molar-refractivity contribution in [3.8, 4) is 0 Å². The summed E-state index contributed by atoms with van der Waals surface area (Å²) < 4.78 is 0. The number of carbonyl (C=O) groups excluding carboxylic acids is 1. The summed E-state index contributed by atoms with van der Waals surface area (Å²) in [6.45, 7) is 6.40. The van der Waals surface area contributed by atoms with Crippen LogP contribution in [0.3, 0.4) is 0 Å². The number of aliphatic carboxylic acids is 1. The molecule has 4 N–H and O–H groups in total. The van der Waals surface area contributed by atoms with E-state index in [9.17, 15) is 9.59 Å². The van der Waals surface area contributed by atoms with E-state index in [1.807, 2.05) is 24.3 Å². The lowest BCUT2D eigenvalue weighted by Gasteiger charge is -2.19. The molecule has 1 aromatic carbocycles. The Labute approximate surface area is 124 Å². The van der Waals surface area contributed by atoms with Gasteiger partial charge in [0.25, 0.3) is 0 Å². The minimum absolute atomic E-state index is 0.0360. The minimum Gasteiger partial charge on any atom is -0.479 e. The topological polar surface area (TPSA) is 98.7 Å². The summed E-state index contributed by atoms with van der Waals surface area (Å²) in [6, 6.07) is 7.09. The first kappa shape index (κ1) is 17.0. The van der Waals surface area contributed by atoms with Gasteiger partial charge in [-0.05, 0) is 23.1 Å². The number of anilines is 1. The van der Waals surface area contributed by atoms with Crippen molar-refractivity contribution in [2.24, 2.45) is 0 Å². The molecule has 0 bridgehead atoms. The van der Waals surface area contributed by atoms with Crippen molar-refractivity contribution in [2.45, 2.75) is 38.7 Å². The molecule has 0 aliphatic carbocycles. The van der Waals surface area contributed by atoms with Gasteiger partial charge in [0.15, 0.2) is 6.10 Å². The molecular weight excluding hydrogens is 272 g/mol. The molecule has 0 spiro atoms. The summed E-state index contributed by atoms with van der Waals surface area (Å²) in [7, 11) is 0. The average molecular weight is 294 g/mol. The predicted octanol–water partition coefficient (Wildman–Crippen LogP) is 1.94. The number of aliphatic hydroxyl groups is 1. The first-order valence-electron chi connectivity index (χ1n) is 6.76. The molecule has 0 radical (unpaired) electrons. The number of hydrogen-bond donors (Lipinski definition) is 4. The van der Waals surface area contributed by atoms with Crippen molar-refractivity contribution < 1.29 is 19.8 Å². The number of nitrogens with one attached hydrogen (secondary N) is 2. The van der Waals surface area contributed by atoms with E-state index >= 15 is 0 Å². The highest BCUT2D eigenvalue weighted by atomic mass is 16.4. The summed E-state index contributed by atoms with van der Waals surface area (Å²) >= 11 is 0. The van der Waals surface area contributed by atoms with Crippen LogP contribution in [0.15, 0.2) is 24.3 Å². The second-order valence-corrected chi connectivity index (χ2v) is 5.85. The van der Waals surface area contributed by atoms with Gasteiger partial charge in [-0.3, -0.25) is 0 Å². The summed E-state index contributed by atoms with van der Waals surface area (Å²) in [5.41, 5.74) is 1.87. The van der Waals surface area contributed by atoms with Crippen molar-refractivity contribution in [2.75, 3.05) is 11.9 Å². The van der Waals surface area contributed by atoms with Crippen LogP contribution in [-0.2, 0) is 10.2 Å². The van der Waals surface area contributed by atoms with E-state index in [1.54, 1.807) is 0 Å². The van der Waals surface area contributed by atoms with Gasteiger partial charge in [-0.15, -0.1) is 0 Å². The summed E-state index contributed by atoms with van der Waals surface area (Å²) in [5.74, 6) is -1.30. The molecule has 0 aromatic heterocycles. The molecule has 0 unspecified atom stereocenters. The Morgan fingerprint density at radius 1 is 1.19 bits per heavy atom. The molecule has 1 atom stereocenters. The molecule has 0 saturated heterocycles. The van der Waals surface area contributed by atoms with E-state index in [0.29, 0.717) is 5.69 Å². The number of carbonyl (C=O) groups is 2. The van der Waals surface area contributed by atoms with Gasteiger partial charge in [0.2, 0.25) is 0 Å². The highest BCUT2D eigenvalue weighted by molar-refractivity contribution is 5.89. The first-order valence-corrected chi connectivity index (χ1v) is 6.76. The summed E-state index contributed by atoms with van der Waals surface area (Å²) in [4.78, 5) is 22.0. The Hall–Kier alpha value is -2.08. The van der Waals surface area contributed by atoms with E-state index in [0.717, 1.165) is 5.56 Å². The monoisotopic (exact) mass is 294 g/mol. The zero-order valence-corrected chi connectivity index (χ0v) is 12.5. The largest absolute Gasteiger partial charge is 0.479 e. The lowest BCUT2D eigenvalue weighted by atomic mass is 9.87. The number of carboxylic acid groups (broad SMARTS) is 1. The van der Waals surface area contributed by atoms with Crippen LogP contribution in [0.4, 0.5) is 10.5 Å². The number of benzene rings is 1. The Kier molecular flexibility index (Phi) is 5.72. The number of aliphatic hydroxyl groups excluding tert-OH is 1. The van der Waals surface area contributed by atoms with Gasteiger partial charge in [-0.2, -0.15) is 0 Å². The maximum Gasteiger partial charge on any atom is 0.332 e. The SMILES string of the molecule is CC(C)(C)c1ccc(NC(=O)NCC[C@H](O)C(=O)O)cc1. The zero-order chi connectivity index (χ0) is 16.0. The van der Waals surface area contributed by atoms with Crippen LogP contribution in [0, 0.1) is 0 Å². The normalized spacial score (nSPS) is 12.6. The maximum atomic E-state index is 11.6. The second kappa shape index (κ2) is 7.08. The first-order chi connectivity index (χ1) is 9.70. The van der Waals surface area contributed by atoms with E-state index in [-0.39, 0.29) is 18.4 Å². The van der Waals surface area contributed by atoms with Crippen LogP contribution in [0.5, 0.6) is 0 Å². The molecule has 116 valence electrons. The minimum atomic E-state index is -1.46. The Morgan fingerprint density at radius 2 is 1.76 bits per heavy atom. The molecule has 0 aliphatic rings. The molecule has 21 heavy (non-hydrogen) atoms. The van der Waals surface area contributed by atoms with Gasteiger partial charge in [-0.1, -0.05) is 32.9 Å². The number of urea groups is 1. The highest BCUT2D eigenvalue weighted by Gasteiger charge is 2.14. The molecule has 6 nitrogen and oxygen atoms in total. The smallest absolute Gasteiger partial charge is 0.332 e. The van der Waals surface area contributed by atoms with Crippen LogP contribution >= 0.6 is 0 Å².